The van der Waals surface area contributed by atoms with Crippen LogP contribution in [0.25, 0.3) is 0 Å². The van der Waals surface area contributed by atoms with Crippen LogP contribution < -0.4 is 10.6 Å². The summed E-state index contributed by atoms with van der Waals surface area (Å²) in [7, 11) is 0. The molecule has 0 aliphatic heterocycles. The Hall–Kier alpha value is -2.63. The molecule has 0 spiro atoms. The highest BCUT2D eigenvalue weighted by atomic mass is 16.4. The molecule has 130 valence electrons. The van der Waals surface area contributed by atoms with Gasteiger partial charge in [0.25, 0.3) is 0 Å². The van der Waals surface area contributed by atoms with E-state index in [0.717, 1.165) is 11.1 Å². The predicted octanol–water partition coefficient (Wildman–Crippen LogP) is 1.66. The second kappa shape index (κ2) is 9.50. The van der Waals surface area contributed by atoms with E-state index >= 15 is 0 Å². The number of nitrogens with one attached hydrogen (secondary N) is 2. The van der Waals surface area contributed by atoms with Crippen molar-refractivity contribution in [2.24, 2.45) is 0 Å². The maximum Gasteiger partial charge on any atom is 0.326 e. The van der Waals surface area contributed by atoms with Crippen molar-refractivity contribution in [3.8, 4) is 0 Å². The number of amides is 2. The molecule has 0 aliphatic rings. The van der Waals surface area contributed by atoms with Crippen LogP contribution in [0, 0.1) is 0 Å². The standard InChI is InChI=1S/C18H24N2O4/c1-12(2)9-10-15(18(23)24)20-17(22)16(19-13(3)21)11-14-7-5-4-6-8-14/h4-9,15-16H,10-11H2,1-3H3,(H,19,21)(H,20,22)(H,23,24)/t15-,16-/m0/s1. The van der Waals surface area contributed by atoms with Crippen molar-refractivity contribution < 1.29 is 19.5 Å². The first kappa shape index (κ1) is 19.4. The Morgan fingerprint density at radius 3 is 2.17 bits per heavy atom. The van der Waals surface area contributed by atoms with Crippen molar-refractivity contribution in [2.45, 2.75) is 45.7 Å². The number of benzene rings is 1. The van der Waals surface area contributed by atoms with E-state index in [0.29, 0.717) is 6.42 Å². The number of rotatable bonds is 8. The average molecular weight is 332 g/mol. The summed E-state index contributed by atoms with van der Waals surface area (Å²) in [5.74, 6) is -1.96. The second-order valence-electron chi connectivity index (χ2n) is 5.86. The van der Waals surface area contributed by atoms with E-state index in [4.69, 9.17) is 0 Å². The van der Waals surface area contributed by atoms with Gasteiger partial charge in [-0.25, -0.2) is 4.79 Å². The summed E-state index contributed by atoms with van der Waals surface area (Å²) in [5.41, 5.74) is 1.85. The fraction of sp³-hybridized carbons (Fsp3) is 0.389. The molecule has 0 bridgehead atoms. The molecule has 0 saturated carbocycles. The molecule has 1 rings (SSSR count). The van der Waals surface area contributed by atoms with E-state index in [9.17, 15) is 19.5 Å². The molecular formula is C18H24N2O4. The van der Waals surface area contributed by atoms with Crippen LogP contribution in [0.15, 0.2) is 42.0 Å². The number of carboxylic acids is 1. The Morgan fingerprint density at radius 1 is 1.04 bits per heavy atom. The summed E-state index contributed by atoms with van der Waals surface area (Å²) in [6.45, 7) is 5.04. The summed E-state index contributed by atoms with van der Waals surface area (Å²) >= 11 is 0. The van der Waals surface area contributed by atoms with Gasteiger partial charge in [0.15, 0.2) is 0 Å². The fourth-order valence-corrected chi connectivity index (χ4v) is 2.15. The molecule has 3 N–H and O–H groups in total. The number of aliphatic carboxylic acids is 1. The van der Waals surface area contributed by atoms with Crippen LogP contribution >= 0.6 is 0 Å². The minimum absolute atomic E-state index is 0.196. The summed E-state index contributed by atoms with van der Waals surface area (Å²) in [6.07, 6.45) is 2.24. The molecule has 0 saturated heterocycles. The second-order valence-corrected chi connectivity index (χ2v) is 5.86. The van der Waals surface area contributed by atoms with E-state index in [2.05, 4.69) is 10.6 Å². The zero-order valence-corrected chi connectivity index (χ0v) is 14.2. The maximum atomic E-state index is 12.4. The van der Waals surface area contributed by atoms with Crippen LogP contribution in [0.3, 0.4) is 0 Å². The van der Waals surface area contributed by atoms with Crippen LogP contribution in [-0.2, 0) is 20.8 Å². The first-order chi connectivity index (χ1) is 11.3. The highest BCUT2D eigenvalue weighted by molar-refractivity contribution is 5.90. The molecule has 2 atom stereocenters. The van der Waals surface area contributed by atoms with Crippen molar-refractivity contribution in [3.63, 3.8) is 0 Å². The lowest BCUT2D eigenvalue weighted by molar-refractivity contribution is -0.142. The van der Waals surface area contributed by atoms with Crippen LogP contribution in [0.2, 0.25) is 0 Å². The summed E-state index contributed by atoms with van der Waals surface area (Å²) in [6, 6.07) is 7.38. The minimum Gasteiger partial charge on any atom is -0.480 e. The fourth-order valence-electron chi connectivity index (χ4n) is 2.15. The van der Waals surface area contributed by atoms with Gasteiger partial charge in [0.05, 0.1) is 0 Å². The Balaban J connectivity index is 2.83. The Kier molecular flexibility index (Phi) is 7.68. The number of allylic oxidation sites excluding steroid dienone is 1. The van der Waals surface area contributed by atoms with Gasteiger partial charge in [0, 0.05) is 13.3 Å². The van der Waals surface area contributed by atoms with E-state index in [-0.39, 0.29) is 12.3 Å². The monoisotopic (exact) mass is 332 g/mol. The zero-order valence-electron chi connectivity index (χ0n) is 14.2. The van der Waals surface area contributed by atoms with Gasteiger partial charge in [-0.2, -0.15) is 0 Å². The lowest BCUT2D eigenvalue weighted by Crippen LogP contribution is -2.52. The zero-order chi connectivity index (χ0) is 18.1. The third-order valence-corrected chi connectivity index (χ3v) is 3.35. The third kappa shape index (κ3) is 7.09. The van der Waals surface area contributed by atoms with Crippen LogP contribution in [0.5, 0.6) is 0 Å². The van der Waals surface area contributed by atoms with E-state index in [1.54, 1.807) is 6.08 Å². The molecule has 0 aliphatic carbocycles. The van der Waals surface area contributed by atoms with Gasteiger partial charge in [0.1, 0.15) is 12.1 Å². The van der Waals surface area contributed by atoms with Gasteiger partial charge in [-0.15, -0.1) is 0 Å². The van der Waals surface area contributed by atoms with Crippen molar-refractivity contribution in [3.05, 3.63) is 47.5 Å². The number of carbonyl (C=O) groups excluding carboxylic acids is 2. The Bertz CT molecular complexity index is 607. The van der Waals surface area contributed by atoms with E-state index in [1.807, 2.05) is 44.2 Å². The predicted molar refractivity (Wildman–Crippen MR) is 91.4 cm³/mol. The molecule has 6 heteroatoms. The van der Waals surface area contributed by atoms with Gasteiger partial charge in [-0.05, 0) is 25.8 Å². The van der Waals surface area contributed by atoms with Crippen LogP contribution in [0.4, 0.5) is 0 Å². The van der Waals surface area contributed by atoms with Crippen LogP contribution in [-0.4, -0.2) is 35.0 Å². The summed E-state index contributed by atoms with van der Waals surface area (Å²) in [4.78, 5) is 35.1. The van der Waals surface area contributed by atoms with Gasteiger partial charge in [-0.3, -0.25) is 9.59 Å². The maximum absolute atomic E-state index is 12.4. The van der Waals surface area contributed by atoms with Crippen molar-refractivity contribution in [2.75, 3.05) is 0 Å². The third-order valence-electron chi connectivity index (χ3n) is 3.35. The molecule has 6 nitrogen and oxygen atoms in total. The molecule has 0 heterocycles. The topological polar surface area (TPSA) is 95.5 Å². The molecule has 0 radical (unpaired) electrons. The normalized spacial score (nSPS) is 12.6. The number of carboxylic acid groups (broad SMARTS) is 1. The van der Waals surface area contributed by atoms with Crippen molar-refractivity contribution in [1.29, 1.82) is 0 Å². The van der Waals surface area contributed by atoms with Crippen molar-refractivity contribution in [1.82, 2.24) is 10.6 Å². The number of hydrogen-bond acceptors (Lipinski definition) is 3. The molecule has 2 amide bonds. The molecule has 1 aromatic carbocycles. The first-order valence-corrected chi connectivity index (χ1v) is 7.77. The van der Waals surface area contributed by atoms with Gasteiger partial charge < -0.3 is 15.7 Å². The largest absolute Gasteiger partial charge is 0.480 e. The molecule has 24 heavy (non-hydrogen) atoms. The quantitative estimate of drug-likeness (QED) is 0.631. The Labute approximate surface area is 141 Å². The van der Waals surface area contributed by atoms with E-state index in [1.165, 1.54) is 6.92 Å². The molecule has 1 aromatic rings. The van der Waals surface area contributed by atoms with Crippen LogP contribution in [0.1, 0.15) is 32.8 Å². The Morgan fingerprint density at radius 2 is 1.67 bits per heavy atom. The van der Waals surface area contributed by atoms with Gasteiger partial charge >= 0.3 is 5.97 Å². The highest BCUT2D eigenvalue weighted by Crippen LogP contribution is 2.05. The van der Waals surface area contributed by atoms with E-state index < -0.39 is 24.0 Å². The molecule has 0 unspecified atom stereocenters. The van der Waals surface area contributed by atoms with Gasteiger partial charge in [0.2, 0.25) is 11.8 Å². The SMILES string of the molecule is CC(=O)N[C@@H](Cc1ccccc1)C(=O)N[C@@H](CC=C(C)C)C(=O)O. The lowest BCUT2D eigenvalue weighted by atomic mass is 10.0. The highest BCUT2D eigenvalue weighted by Gasteiger charge is 2.25. The summed E-state index contributed by atoms with van der Waals surface area (Å²) < 4.78 is 0. The molecular weight excluding hydrogens is 308 g/mol. The van der Waals surface area contributed by atoms with Crippen molar-refractivity contribution >= 4 is 17.8 Å². The smallest absolute Gasteiger partial charge is 0.326 e. The number of carbonyl (C=O) groups is 3. The average Bonchev–Trinajstić information content (AvgIpc) is 2.50. The molecule has 0 aromatic heterocycles. The number of hydrogen-bond donors (Lipinski definition) is 3. The van der Waals surface area contributed by atoms with Gasteiger partial charge in [-0.1, -0.05) is 42.0 Å². The first-order valence-electron chi connectivity index (χ1n) is 7.77. The molecule has 0 fully saturated rings. The minimum atomic E-state index is -1.11. The summed E-state index contributed by atoms with van der Waals surface area (Å²) in [5, 5.41) is 14.3. The lowest BCUT2D eigenvalue weighted by Gasteiger charge is -2.20.